The lowest BCUT2D eigenvalue weighted by molar-refractivity contribution is -0.169. The first kappa shape index (κ1) is 31.5. The number of guanidine groups is 1. The van der Waals surface area contributed by atoms with Crippen molar-refractivity contribution in [1.82, 2.24) is 14.7 Å². The normalized spacial score (nSPS) is 49.0. The number of rotatable bonds is 1. The number of halogens is 5. The van der Waals surface area contributed by atoms with E-state index in [0.717, 1.165) is 44.4 Å². The number of benzene rings is 1. The second-order valence-corrected chi connectivity index (χ2v) is 19.3. The molecule has 6 saturated carbocycles. The fourth-order valence-electron chi connectivity index (χ4n) is 16.9. The second kappa shape index (κ2) is 11.1. The molecule has 0 N–H and O–H groups in total. The number of aliphatic imine (C=N–C) groups is 1. The third-order valence-corrected chi connectivity index (χ3v) is 18.0. The van der Waals surface area contributed by atoms with Gasteiger partial charge in [0.15, 0.2) is 41.8 Å². The number of fused-ring (bicyclic) bond motifs is 13. The maximum atomic E-state index is 16.3. The van der Waals surface area contributed by atoms with Crippen LogP contribution in [0.15, 0.2) is 4.99 Å². The Morgan fingerprint density at radius 3 is 1.78 bits per heavy atom. The van der Waals surface area contributed by atoms with Gasteiger partial charge in [0.1, 0.15) is 0 Å². The molecular weight excluding hydrogens is 654 g/mol. The highest BCUT2D eigenvalue weighted by Gasteiger charge is 2.73. The molecule has 10 heteroatoms. The zero-order valence-corrected chi connectivity index (χ0v) is 29.7. The van der Waals surface area contributed by atoms with Crippen LogP contribution >= 0.6 is 0 Å². The molecule has 16 atom stereocenters. The summed E-state index contributed by atoms with van der Waals surface area (Å²) < 4.78 is 77.7. The molecule has 1 aromatic rings. The first-order valence-corrected chi connectivity index (χ1v) is 21.4. The Kier molecular flexibility index (Phi) is 6.87. The first-order chi connectivity index (χ1) is 24.9. The van der Waals surface area contributed by atoms with E-state index in [0.29, 0.717) is 65.8 Å². The van der Waals surface area contributed by atoms with E-state index in [1.165, 1.54) is 83.0 Å². The fraction of sp³-hybridized carbons (Fsp3) is 0.829. The molecule has 0 amide bonds. The van der Waals surface area contributed by atoms with Gasteiger partial charge in [-0.25, -0.2) is 26.9 Å². The van der Waals surface area contributed by atoms with Crippen LogP contribution in [0.5, 0.6) is 0 Å². The molecule has 4 saturated heterocycles. The quantitative estimate of drug-likeness (QED) is 0.128. The smallest absolute Gasteiger partial charge is 0.200 e. The van der Waals surface area contributed by atoms with Crippen LogP contribution in [-0.2, 0) is 0 Å². The topological polar surface area (TPSA) is 22.1 Å². The van der Waals surface area contributed by atoms with E-state index in [9.17, 15) is 4.39 Å². The van der Waals surface area contributed by atoms with Crippen LogP contribution in [0.3, 0.4) is 0 Å². The lowest BCUT2D eigenvalue weighted by Gasteiger charge is -2.72. The van der Waals surface area contributed by atoms with Crippen molar-refractivity contribution in [1.29, 1.82) is 0 Å². The molecule has 51 heavy (non-hydrogen) atoms. The lowest BCUT2D eigenvalue weighted by atomic mass is 9.22. The van der Waals surface area contributed by atoms with Gasteiger partial charge in [0.2, 0.25) is 0 Å². The van der Waals surface area contributed by atoms with E-state index in [-0.39, 0.29) is 23.7 Å². The highest BCUT2D eigenvalue weighted by molar-refractivity contribution is 6.76. The second-order valence-electron chi connectivity index (χ2n) is 19.3. The highest BCUT2D eigenvalue weighted by atomic mass is 19.2. The third-order valence-electron chi connectivity index (χ3n) is 18.0. The summed E-state index contributed by atoms with van der Waals surface area (Å²) in [5.74, 6) is -4.47. The monoisotopic (exact) mass is 706 g/mol. The molecule has 16 unspecified atom stereocenters. The van der Waals surface area contributed by atoms with Gasteiger partial charge in [-0.1, -0.05) is 64.2 Å². The summed E-state index contributed by atoms with van der Waals surface area (Å²) in [6.07, 6.45) is 20.8. The Morgan fingerprint density at radius 2 is 1.06 bits per heavy atom. The summed E-state index contributed by atoms with van der Waals surface area (Å²) in [6, 6.07) is 3.02. The van der Waals surface area contributed by atoms with Gasteiger partial charge in [-0.05, 0) is 98.1 Å². The van der Waals surface area contributed by atoms with Crippen LogP contribution in [0.25, 0.3) is 0 Å². The Morgan fingerprint density at radius 1 is 0.471 bits per heavy atom. The molecule has 0 aromatic heterocycles. The van der Waals surface area contributed by atoms with Crippen LogP contribution in [0.4, 0.5) is 22.0 Å². The maximum absolute atomic E-state index is 16.3. The van der Waals surface area contributed by atoms with E-state index in [1.807, 2.05) is 0 Å². The molecule has 10 fully saturated rings. The van der Waals surface area contributed by atoms with Crippen LogP contribution in [0.1, 0.15) is 116 Å². The van der Waals surface area contributed by atoms with Crippen LogP contribution < -0.4 is 5.46 Å². The number of nitrogens with zero attached hydrogens (tertiary/aromatic N) is 4. The van der Waals surface area contributed by atoms with Crippen LogP contribution in [-0.4, -0.2) is 75.7 Å². The van der Waals surface area contributed by atoms with Gasteiger partial charge in [0, 0.05) is 42.2 Å². The molecule has 5 aliphatic heterocycles. The average Bonchev–Trinajstić information content (AvgIpc) is 3.72. The minimum atomic E-state index is -2.02. The molecule has 1 aromatic carbocycles. The van der Waals surface area contributed by atoms with Gasteiger partial charge in [0.25, 0.3) is 0 Å². The van der Waals surface area contributed by atoms with Gasteiger partial charge < -0.3 is 9.80 Å². The number of hydrogen-bond acceptors (Lipinski definition) is 4. The minimum absolute atomic E-state index is 0.0184. The molecule has 274 valence electrons. The minimum Gasteiger partial charge on any atom is -0.337 e. The molecule has 0 radical (unpaired) electrons. The Hall–Kier alpha value is -1.84. The van der Waals surface area contributed by atoms with Gasteiger partial charge in [-0.2, -0.15) is 0 Å². The van der Waals surface area contributed by atoms with Gasteiger partial charge in [-0.3, -0.25) is 4.90 Å². The highest BCUT2D eigenvalue weighted by Crippen LogP contribution is 2.69. The van der Waals surface area contributed by atoms with Crippen molar-refractivity contribution in [3.8, 4) is 0 Å². The van der Waals surface area contributed by atoms with Gasteiger partial charge in [-0.15, -0.1) is 0 Å². The van der Waals surface area contributed by atoms with Crippen molar-refractivity contribution in [2.24, 2.45) is 40.5 Å². The fourth-order valence-corrected chi connectivity index (χ4v) is 16.9. The molecule has 12 rings (SSSR count). The Balaban J connectivity index is 1.09. The predicted octanol–water partition coefficient (Wildman–Crippen LogP) is 7.90. The van der Waals surface area contributed by atoms with Crippen molar-refractivity contribution in [2.75, 3.05) is 0 Å². The average molecular weight is 707 g/mol. The summed E-state index contributed by atoms with van der Waals surface area (Å²) >= 11 is 0. The maximum Gasteiger partial charge on any atom is 0.200 e. The van der Waals surface area contributed by atoms with E-state index in [1.54, 1.807) is 0 Å². The first-order valence-electron chi connectivity index (χ1n) is 21.4. The van der Waals surface area contributed by atoms with E-state index < -0.39 is 41.3 Å². The third kappa shape index (κ3) is 3.90. The molecular formula is C41H52BF5N4. The molecule has 0 bridgehead atoms. The molecule has 4 nitrogen and oxygen atoms in total. The van der Waals surface area contributed by atoms with Crippen molar-refractivity contribution >= 4 is 18.1 Å². The zero-order chi connectivity index (χ0) is 34.0. The summed E-state index contributed by atoms with van der Waals surface area (Å²) in [6.45, 7) is -0.664. The number of hydrogen-bond donors (Lipinski definition) is 0. The largest absolute Gasteiger partial charge is 0.337 e. The molecule has 11 aliphatic rings. The SMILES string of the molecule is Fc1c(F)c(F)c(B2C3CCCCC3N3C4=NC5CCCCC5N4C4CC5C6CCCCC6N6C7CCCCC7C7CC2C3C4C7C56)c(F)c1F. The molecule has 0 spiro atoms. The van der Waals surface area contributed by atoms with Crippen molar-refractivity contribution in [3.63, 3.8) is 0 Å². The van der Waals surface area contributed by atoms with Crippen molar-refractivity contribution in [3.05, 3.63) is 29.1 Å². The lowest BCUT2D eigenvalue weighted by Crippen LogP contribution is -2.80. The standard InChI is InChI=1S/C41H52BF5N4/c43-34-33(35(44)37(46)38(47)36(34)45)42-23-11-3-7-15-28(23)51-40-24(42)17-21-19-9-1-5-13-26(19)49-27-14-6-2-10-20(27)22-18-30(32(40)31(21)39(22)49)50-29-16-8-4-12-25(29)48-41(50)51/h19-32,39-40H,1-18H2. The van der Waals surface area contributed by atoms with E-state index >= 15 is 17.6 Å². The number of piperidine rings is 1. The summed E-state index contributed by atoms with van der Waals surface area (Å²) in [5, 5.41) is 0. The zero-order valence-electron chi connectivity index (χ0n) is 29.7. The Bertz CT molecular complexity index is 1650. The van der Waals surface area contributed by atoms with Crippen molar-refractivity contribution < 1.29 is 22.0 Å². The predicted molar refractivity (Wildman–Crippen MR) is 186 cm³/mol. The summed E-state index contributed by atoms with van der Waals surface area (Å²) in [4.78, 5) is 14.4. The van der Waals surface area contributed by atoms with Crippen LogP contribution in [0, 0.1) is 64.6 Å². The van der Waals surface area contributed by atoms with E-state index in [2.05, 4.69) is 14.7 Å². The molecule has 6 aliphatic carbocycles. The molecule has 5 heterocycles. The van der Waals surface area contributed by atoms with Gasteiger partial charge >= 0.3 is 0 Å². The summed E-state index contributed by atoms with van der Waals surface area (Å²) in [5.41, 5.74) is -0.481. The van der Waals surface area contributed by atoms with Gasteiger partial charge in [0.05, 0.1) is 12.1 Å². The van der Waals surface area contributed by atoms with Crippen molar-refractivity contribution in [2.45, 2.75) is 176 Å². The van der Waals surface area contributed by atoms with Crippen LogP contribution in [0.2, 0.25) is 11.6 Å². The Labute approximate surface area is 299 Å². The summed E-state index contributed by atoms with van der Waals surface area (Å²) in [7, 11) is 0. The van der Waals surface area contributed by atoms with E-state index in [4.69, 9.17) is 4.99 Å².